The summed E-state index contributed by atoms with van der Waals surface area (Å²) >= 11 is 0. The van der Waals surface area contributed by atoms with Gasteiger partial charge in [-0.2, -0.15) is 5.10 Å². The zero-order chi connectivity index (χ0) is 15.2. The average molecular weight is 285 g/mol. The number of para-hydroxylation sites is 1. The quantitative estimate of drug-likeness (QED) is 0.454. The average Bonchev–Trinajstić information content (AvgIpc) is 2.49. The predicted octanol–water partition coefficient (Wildman–Crippen LogP) is 2.26. The minimum absolute atomic E-state index is 0.0715. The molecule has 0 aliphatic rings. The Balaban J connectivity index is 2.11. The van der Waals surface area contributed by atoms with Crippen LogP contribution in [0, 0.1) is 4.91 Å². The van der Waals surface area contributed by atoms with E-state index < -0.39 is 5.91 Å². The van der Waals surface area contributed by atoms with Crippen LogP contribution in [0.3, 0.4) is 0 Å². The Hall–Kier alpha value is -3.22. The molecule has 21 heavy (non-hydrogen) atoms. The molecule has 0 radical (unpaired) electrons. The Bertz CT molecular complexity index is 713. The van der Waals surface area contributed by atoms with E-state index in [1.54, 1.807) is 12.1 Å². The van der Waals surface area contributed by atoms with Crippen LogP contribution in [0.5, 0.6) is 11.5 Å². The molecular formula is C14H11N3O4. The number of benzene rings is 2. The number of carbonyl (C=O) groups is 1. The van der Waals surface area contributed by atoms with Crippen molar-refractivity contribution >= 4 is 17.8 Å². The first-order valence-electron chi connectivity index (χ1n) is 5.89. The third kappa shape index (κ3) is 3.41. The summed E-state index contributed by atoms with van der Waals surface area (Å²) in [6.45, 7) is 0. The van der Waals surface area contributed by atoms with E-state index in [0.717, 1.165) is 0 Å². The first kappa shape index (κ1) is 14.2. The number of phenolic OH excluding ortho intramolecular Hbond substituents is 2. The molecule has 2 aromatic carbocycles. The Labute approximate surface area is 119 Å². The van der Waals surface area contributed by atoms with Crippen molar-refractivity contribution in [1.29, 1.82) is 0 Å². The maximum Gasteiger partial charge on any atom is 0.275 e. The van der Waals surface area contributed by atoms with Crippen molar-refractivity contribution < 1.29 is 15.0 Å². The molecule has 3 N–H and O–H groups in total. The van der Waals surface area contributed by atoms with E-state index in [0.29, 0.717) is 0 Å². The zero-order valence-corrected chi connectivity index (χ0v) is 10.7. The fourth-order valence-corrected chi connectivity index (χ4v) is 1.59. The van der Waals surface area contributed by atoms with E-state index in [9.17, 15) is 19.9 Å². The molecule has 7 nitrogen and oxygen atoms in total. The lowest BCUT2D eigenvalue weighted by Crippen LogP contribution is -2.17. The van der Waals surface area contributed by atoms with Gasteiger partial charge in [-0.05, 0) is 35.5 Å². The molecule has 0 aromatic heterocycles. The molecule has 7 heteroatoms. The van der Waals surface area contributed by atoms with Gasteiger partial charge in [-0.25, -0.2) is 5.43 Å². The second-order valence-corrected chi connectivity index (χ2v) is 4.05. The largest absolute Gasteiger partial charge is 0.507 e. The smallest absolute Gasteiger partial charge is 0.275 e. The molecule has 0 spiro atoms. The summed E-state index contributed by atoms with van der Waals surface area (Å²) in [4.78, 5) is 22.1. The molecule has 0 aliphatic carbocycles. The van der Waals surface area contributed by atoms with E-state index in [2.05, 4.69) is 15.7 Å². The van der Waals surface area contributed by atoms with E-state index in [4.69, 9.17) is 0 Å². The van der Waals surface area contributed by atoms with Gasteiger partial charge < -0.3 is 10.2 Å². The topological polar surface area (TPSA) is 111 Å². The minimum Gasteiger partial charge on any atom is -0.507 e. The Morgan fingerprint density at radius 1 is 1.10 bits per heavy atom. The van der Waals surface area contributed by atoms with Crippen molar-refractivity contribution in [3.05, 3.63) is 58.5 Å². The summed E-state index contributed by atoms with van der Waals surface area (Å²) in [6, 6.07) is 9.97. The SMILES string of the molecule is O=Nc1ccc(O)c(/C=N/NC(=O)c2ccccc2O)c1. The number of nitrogens with one attached hydrogen (secondary N) is 1. The van der Waals surface area contributed by atoms with Gasteiger partial charge in [-0.15, -0.1) is 4.91 Å². The lowest BCUT2D eigenvalue weighted by atomic mass is 10.2. The van der Waals surface area contributed by atoms with Gasteiger partial charge in [0.1, 0.15) is 17.2 Å². The summed E-state index contributed by atoms with van der Waals surface area (Å²) in [5.74, 6) is -0.878. The van der Waals surface area contributed by atoms with Crippen molar-refractivity contribution in [2.45, 2.75) is 0 Å². The van der Waals surface area contributed by atoms with Crippen LogP contribution < -0.4 is 5.43 Å². The first-order valence-corrected chi connectivity index (χ1v) is 5.89. The monoisotopic (exact) mass is 285 g/mol. The van der Waals surface area contributed by atoms with Gasteiger partial charge in [-0.1, -0.05) is 12.1 Å². The van der Waals surface area contributed by atoms with Crippen molar-refractivity contribution in [2.75, 3.05) is 0 Å². The number of aromatic hydroxyl groups is 2. The van der Waals surface area contributed by atoms with Crippen molar-refractivity contribution in [3.63, 3.8) is 0 Å². The molecule has 2 rings (SSSR count). The van der Waals surface area contributed by atoms with Gasteiger partial charge in [0.05, 0.1) is 11.8 Å². The predicted molar refractivity (Wildman–Crippen MR) is 76.7 cm³/mol. The second kappa shape index (κ2) is 6.29. The Morgan fingerprint density at radius 3 is 2.57 bits per heavy atom. The lowest BCUT2D eigenvalue weighted by molar-refractivity contribution is 0.0952. The number of hydrazone groups is 1. The van der Waals surface area contributed by atoms with Crippen molar-refractivity contribution in [3.8, 4) is 11.5 Å². The normalized spacial score (nSPS) is 10.5. The maximum atomic E-state index is 11.7. The first-order chi connectivity index (χ1) is 10.1. The van der Waals surface area contributed by atoms with Gasteiger partial charge >= 0.3 is 0 Å². The van der Waals surface area contributed by atoms with E-state index >= 15 is 0 Å². The lowest BCUT2D eigenvalue weighted by Gasteiger charge is -2.02. The van der Waals surface area contributed by atoms with Gasteiger partial charge in [0.15, 0.2) is 0 Å². The van der Waals surface area contributed by atoms with E-state index in [1.165, 1.54) is 36.5 Å². The minimum atomic E-state index is -0.603. The van der Waals surface area contributed by atoms with Crippen LogP contribution >= 0.6 is 0 Å². The van der Waals surface area contributed by atoms with Crippen LogP contribution in [0.4, 0.5) is 5.69 Å². The molecule has 1 amide bonds. The zero-order valence-electron chi connectivity index (χ0n) is 10.7. The van der Waals surface area contributed by atoms with Crippen LogP contribution in [0.1, 0.15) is 15.9 Å². The van der Waals surface area contributed by atoms with Crippen LogP contribution in [0.15, 0.2) is 52.7 Å². The number of nitroso groups, excluding NO2 is 1. The fourth-order valence-electron chi connectivity index (χ4n) is 1.59. The van der Waals surface area contributed by atoms with Crippen molar-refractivity contribution in [1.82, 2.24) is 5.43 Å². The standard InChI is InChI=1S/C14H11N3O4/c18-12-6-5-10(17-21)7-9(12)8-15-16-14(20)11-3-1-2-4-13(11)19/h1-8,18-19H,(H,16,20)/b15-8+. The molecule has 0 heterocycles. The Kier molecular flexibility index (Phi) is 4.25. The number of nitrogens with zero attached hydrogens (tertiary/aromatic N) is 2. The summed E-state index contributed by atoms with van der Waals surface area (Å²) in [5, 5.41) is 25.5. The number of hydrogen-bond donors (Lipinski definition) is 3. The number of carbonyl (C=O) groups excluding carboxylic acids is 1. The number of phenols is 2. The van der Waals surface area contributed by atoms with Crippen LogP contribution in [0.2, 0.25) is 0 Å². The summed E-state index contributed by atoms with van der Waals surface area (Å²) < 4.78 is 0. The molecule has 0 aliphatic heterocycles. The number of amides is 1. The number of rotatable bonds is 4. The van der Waals surface area contributed by atoms with Gasteiger partial charge in [0.25, 0.3) is 5.91 Å². The van der Waals surface area contributed by atoms with E-state index in [1.807, 2.05) is 0 Å². The van der Waals surface area contributed by atoms with Gasteiger partial charge in [-0.3, -0.25) is 4.79 Å². The molecule has 0 atom stereocenters. The molecule has 0 saturated carbocycles. The number of hydrogen-bond acceptors (Lipinski definition) is 6. The summed E-state index contributed by atoms with van der Waals surface area (Å²) in [6.07, 6.45) is 1.17. The summed E-state index contributed by atoms with van der Waals surface area (Å²) in [7, 11) is 0. The van der Waals surface area contributed by atoms with E-state index in [-0.39, 0.29) is 28.3 Å². The molecule has 0 bridgehead atoms. The molecule has 2 aromatic rings. The molecule has 0 saturated heterocycles. The van der Waals surface area contributed by atoms with Crippen molar-refractivity contribution in [2.24, 2.45) is 10.3 Å². The molecule has 0 unspecified atom stereocenters. The van der Waals surface area contributed by atoms with Crippen LogP contribution in [0.25, 0.3) is 0 Å². The molecule has 106 valence electrons. The Morgan fingerprint density at radius 2 is 1.86 bits per heavy atom. The second-order valence-electron chi connectivity index (χ2n) is 4.05. The highest BCUT2D eigenvalue weighted by atomic mass is 16.3. The van der Waals surface area contributed by atoms with Gasteiger partial charge in [0, 0.05) is 5.56 Å². The van der Waals surface area contributed by atoms with Crippen LogP contribution in [-0.2, 0) is 0 Å². The molecule has 0 fully saturated rings. The third-order valence-electron chi connectivity index (χ3n) is 2.63. The fraction of sp³-hybridized carbons (Fsp3) is 0. The highest BCUT2D eigenvalue weighted by Gasteiger charge is 2.08. The third-order valence-corrected chi connectivity index (χ3v) is 2.63. The maximum absolute atomic E-state index is 11.7. The summed E-state index contributed by atoms with van der Waals surface area (Å²) in [5.41, 5.74) is 2.63. The van der Waals surface area contributed by atoms with Crippen LogP contribution in [-0.4, -0.2) is 22.3 Å². The highest BCUT2D eigenvalue weighted by Crippen LogP contribution is 2.21. The van der Waals surface area contributed by atoms with Gasteiger partial charge in [0.2, 0.25) is 0 Å². The highest BCUT2D eigenvalue weighted by molar-refractivity contribution is 5.97. The molecular weight excluding hydrogens is 274 g/mol.